The Kier molecular flexibility index (Phi) is 3.85. The zero-order chi connectivity index (χ0) is 14.9. The van der Waals surface area contributed by atoms with Crippen LogP contribution in [0.15, 0.2) is 30.3 Å². The topological polar surface area (TPSA) is 55.1 Å². The molecule has 0 saturated heterocycles. The third-order valence-corrected chi connectivity index (χ3v) is 2.79. The van der Waals surface area contributed by atoms with Crippen LogP contribution in [0.2, 0.25) is 5.02 Å². The van der Waals surface area contributed by atoms with Crippen LogP contribution in [0.5, 0.6) is 0 Å². The highest BCUT2D eigenvalue weighted by Gasteiger charge is 2.16. The zero-order valence-electron chi connectivity index (χ0n) is 9.88. The molecule has 7 heteroatoms. The summed E-state index contributed by atoms with van der Waals surface area (Å²) in [7, 11) is 0. The molecule has 104 valence electrons. The van der Waals surface area contributed by atoms with Crippen LogP contribution in [0, 0.1) is 17.5 Å². The van der Waals surface area contributed by atoms with Gasteiger partial charge in [-0.3, -0.25) is 4.79 Å². The molecule has 0 saturated carbocycles. The lowest BCUT2D eigenvalue weighted by Crippen LogP contribution is -2.15. The number of hydrogen-bond donors (Lipinski definition) is 2. The lowest BCUT2D eigenvalue weighted by Gasteiger charge is -2.08. The highest BCUT2D eigenvalue weighted by Crippen LogP contribution is 2.21. The zero-order valence-corrected chi connectivity index (χ0v) is 10.6. The molecule has 2 aromatic carbocycles. The molecule has 0 heterocycles. The van der Waals surface area contributed by atoms with Crippen molar-refractivity contribution >= 4 is 28.9 Å². The minimum Gasteiger partial charge on any atom is -0.396 e. The number of benzene rings is 2. The standard InChI is InChI=1S/C13H8ClF3N2O/c14-9-2-1-7(5-10(9)16)19-13(20)8-3-6(15)4-11(18)12(8)17/h1-5H,18H2,(H,19,20). The number of nitrogens with one attached hydrogen (secondary N) is 1. The van der Waals surface area contributed by atoms with Crippen molar-refractivity contribution in [3.63, 3.8) is 0 Å². The number of amides is 1. The molecule has 1 amide bonds. The Morgan fingerprint density at radius 2 is 1.85 bits per heavy atom. The first-order chi connectivity index (χ1) is 9.38. The number of nitrogen functional groups attached to an aromatic ring is 1. The molecule has 0 aliphatic heterocycles. The third kappa shape index (κ3) is 2.85. The van der Waals surface area contributed by atoms with Crippen molar-refractivity contribution in [2.45, 2.75) is 0 Å². The van der Waals surface area contributed by atoms with Gasteiger partial charge in [0, 0.05) is 5.69 Å². The molecule has 2 rings (SSSR count). The molecule has 2 aromatic rings. The van der Waals surface area contributed by atoms with Gasteiger partial charge < -0.3 is 11.1 Å². The summed E-state index contributed by atoms with van der Waals surface area (Å²) in [5.41, 5.74) is 4.22. The van der Waals surface area contributed by atoms with Crippen molar-refractivity contribution in [1.29, 1.82) is 0 Å². The molecule has 0 atom stereocenters. The van der Waals surface area contributed by atoms with Crippen molar-refractivity contribution in [3.8, 4) is 0 Å². The number of carbonyl (C=O) groups excluding carboxylic acids is 1. The van der Waals surface area contributed by atoms with Gasteiger partial charge in [-0.15, -0.1) is 0 Å². The lowest BCUT2D eigenvalue weighted by molar-refractivity contribution is 0.102. The van der Waals surface area contributed by atoms with Crippen LogP contribution in [0.1, 0.15) is 10.4 Å². The second-order valence-electron chi connectivity index (χ2n) is 3.94. The van der Waals surface area contributed by atoms with E-state index < -0.39 is 34.6 Å². The average Bonchev–Trinajstić information content (AvgIpc) is 2.38. The summed E-state index contributed by atoms with van der Waals surface area (Å²) >= 11 is 5.49. The second-order valence-corrected chi connectivity index (χ2v) is 4.35. The van der Waals surface area contributed by atoms with E-state index in [0.29, 0.717) is 6.07 Å². The van der Waals surface area contributed by atoms with Crippen LogP contribution in [0.4, 0.5) is 24.5 Å². The summed E-state index contributed by atoms with van der Waals surface area (Å²) in [6, 6.07) is 4.97. The van der Waals surface area contributed by atoms with Crippen molar-refractivity contribution in [1.82, 2.24) is 0 Å². The first-order valence-electron chi connectivity index (χ1n) is 5.39. The van der Waals surface area contributed by atoms with Gasteiger partial charge in [0.15, 0.2) is 5.82 Å². The van der Waals surface area contributed by atoms with Gasteiger partial charge in [-0.25, -0.2) is 13.2 Å². The number of nitrogens with two attached hydrogens (primary N) is 1. The third-order valence-electron chi connectivity index (χ3n) is 2.49. The van der Waals surface area contributed by atoms with Crippen molar-refractivity contribution in [2.24, 2.45) is 0 Å². The van der Waals surface area contributed by atoms with Crippen molar-refractivity contribution in [2.75, 3.05) is 11.1 Å². The quantitative estimate of drug-likeness (QED) is 0.833. The fraction of sp³-hybridized carbons (Fsp3) is 0. The normalized spacial score (nSPS) is 10.4. The molecule has 0 fully saturated rings. The predicted molar refractivity (Wildman–Crippen MR) is 70.1 cm³/mol. The second kappa shape index (κ2) is 5.42. The van der Waals surface area contributed by atoms with E-state index in [4.69, 9.17) is 17.3 Å². The Balaban J connectivity index is 2.30. The first kappa shape index (κ1) is 14.2. The summed E-state index contributed by atoms with van der Waals surface area (Å²) in [5.74, 6) is -3.59. The molecule has 20 heavy (non-hydrogen) atoms. The van der Waals surface area contributed by atoms with Gasteiger partial charge in [-0.05, 0) is 30.3 Å². The van der Waals surface area contributed by atoms with Crippen LogP contribution in [-0.4, -0.2) is 5.91 Å². The van der Waals surface area contributed by atoms with E-state index in [1.807, 2.05) is 0 Å². The molecular weight excluding hydrogens is 293 g/mol. The number of hydrogen-bond acceptors (Lipinski definition) is 2. The Hall–Kier alpha value is -2.21. The van der Waals surface area contributed by atoms with Crippen molar-refractivity contribution < 1.29 is 18.0 Å². The van der Waals surface area contributed by atoms with Crippen LogP contribution in [-0.2, 0) is 0 Å². The fourth-order valence-electron chi connectivity index (χ4n) is 1.55. The predicted octanol–water partition coefficient (Wildman–Crippen LogP) is 3.59. The van der Waals surface area contributed by atoms with Gasteiger partial charge in [0.25, 0.3) is 5.91 Å². The monoisotopic (exact) mass is 300 g/mol. The van der Waals surface area contributed by atoms with E-state index in [9.17, 15) is 18.0 Å². The van der Waals surface area contributed by atoms with E-state index >= 15 is 0 Å². The lowest BCUT2D eigenvalue weighted by atomic mass is 10.1. The molecule has 0 aromatic heterocycles. The molecular formula is C13H8ClF3N2O. The molecule has 0 unspecified atom stereocenters. The van der Waals surface area contributed by atoms with Crippen LogP contribution in [0.25, 0.3) is 0 Å². The summed E-state index contributed by atoms with van der Waals surface area (Å²) in [6.45, 7) is 0. The highest BCUT2D eigenvalue weighted by molar-refractivity contribution is 6.30. The number of rotatable bonds is 2. The number of carbonyl (C=O) groups is 1. The number of anilines is 2. The minimum absolute atomic E-state index is 0.0548. The fourth-order valence-corrected chi connectivity index (χ4v) is 1.67. The van der Waals surface area contributed by atoms with Crippen LogP contribution in [0.3, 0.4) is 0 Å². The summed E-state index contributed by atoms with van der Waals surface area (Å²) in [4.78, 5) is 11.8. The Morgan fingerprint density at radius 3 is 2.50 bits per heavy atom. The first-order valence-corrected chi connectivity index (χ1v) is 5.77. The Morgan fingerprint density at radius 1 is 1.15 bits per heavy atom. The van der Waals surface area contributed by atoms with E-state index in [2.05, 4.69) is 5.32 Å². The smallest absolute Gasteiger partial charge is 0.258 e. The summed E-state index contributed by atoms with van der Waals surface area (Å²) < 4.78 is 40.0. The molecule has 0 spiro atoms. The van der Waals surface area contributed by atoms with Gasteiger partial charge in [0.05, 0.1) is 16.3 Å². The Bertz CT molecular complexity index is 692. The van der Waals surface area contributed by atoms with Gasteiger partial charge in [-0.2, -0.15) is 0 Å². The molecule has 0 bridgehead atoms. The van der Waals surface area contributed by atoms with E-state index in [-0.39, 0.29) is 10.7 Å². The van der Waals surface area contributed by atoms with E-state index in [1.165, 1.54) is 12.1 Å². The maximum Gasteiger partial charge on any atom is 0.258 e. The Labute approximate surface area is 117 Å². The average molecular weight is 301 g/mol. The van der Waals surface area contributed by atoms with Crippen LogP contribution < -0.4 is 11.1 Å². The molecule has 3 N–H and O–H groups in total. The van der Waals surface area contributed by atoms with E-state index in [0.717, 1.165) is 12.1 Å². The van der Waals surface area contributed by atoms with Crippen LogP contribution >= 0.6 is 11.6 Å². The largest absolute Gasteiger partial charge is 0.396 e. The van der Waals surface area contributed by atoms with Gasteiger partial charge in [0.2, 0.25) is 0 Å². The van der Waals surface area contributed by atoms with E-state index in [1.54, 1.807) is 0 Å². The maximum atomic E-state index is 13.6. The molecule has 3 nitrogen and oxygen atoms in total. The van der Waals surface area contributed by atoms with Crippen molar-refractivity contribution in [3.05, 3.63) is 58.4 Å². The molecule has 0 aliphatic rings. The minimum atomic E-state index is -1.04. The van der Waals surface area contributed by atoms with Gasteiger partial charge in [0.1, 0.15) is 11.6 Å². The van der Waals surface area contributed by atoms with Gasteiger partial charge >= 0.3 is 0 Å². The highest BCUT2D eigenvalue weighted by atomic mass is 35.5. The summed E-state index contributed by atoms with van der Waals surface area (Å²) in [5, 5.41) is 2.10. The molecule has 0 aliphatic carbocycles. The number of halogens is 4. The molecule has 0 radical (unpaired) electrons. The summed E-state index contributed by atoms with van der Waals surface area (Å²) in [6.07, 6.45) is 0. The van der Waals surface area contributed by atoms with Gasteiger partial charge in [-0.1, -0.05) is 11.6 Å². The maximum absolute atomic E-state index is 13.6. The SMILES string of the molecule is Nc1cc(F)cc(C(=O)Nc2ccc(Cl)c(F)c2)c1F.